The van der Waals surface area contributed by atoms with E-state index in [-0.39, 0.29) is 30.0 Å². The molecular weight excluding hydrogens is 336 g/mol. The van der Waals surface area contributed by atoms with Crippen LogP contribution in [0.25, 0.3) is 0 Å². The van der Waals surface area contributed by atoms with Crippen molar-refractivity contribution >= 4 is 11.9 Å². The van der Waals surface area contributed by atoms with Gasteiger partial charge in [0.2, 0.25) is 0 Å². The Balaban J connectivity index is 1.76. The van der Waals surface area contributed by atoms with Crippen LogP contribution in [0.5, 0.6) is 0 Å². The number of aliphatic hydroxyl groups is 1. The SMILES string of the molecule is CC1=C2C(CC3CCC(O)C(C)C3(C)C2OC(=O)C2(C)OC2C)OC1=O. The Hall–Kier alpha value is -1.40. The summed E-state index contributed by atoms with van der Waals surface area (Å²) in [5, 5.41) is 10.5. The van der Waals surface area contributed by atoms with E-state index in [2.05, 4.69) is 6.92 Å². The summed E-state index contributed by atoms with van der Waals surface area (Å²) in [4.78, 5) is 25.0. The summed E-state index contributed by atoms with van der Waals surface area (Å²) in [5.74, 6) is -0.566. The van der Waals surface area contributed by atoms with Crippen LogP contribution in [0.3, 0.4) is 0 Å². The quantitative estimate of drug-likeness (QED) is 0.597. The van der Waals surface area contributed by atoms with Gasteiger partial charge in [0.05, 0.1) is 12.2 Å². The second-order valence-corrected chi connectivity index (χ2v) is 8.86. The molecule has 0 radical (unpaired) electrons. The topological polar surface area (TPSA) is 85.4 Å². The van der Waals surface area contributed by atoms with Gasteiger partial charge in [-0.15, -0.1) is 0 Å². The summed E-state index contributed by atoms with van der Waals surface area (Å²) < 4.78 is 17.1. The standard InChI is InChI=1S/C20H28O6/c1-9-15-14(24-17(9)22)8-12-6-7-13(21)10(2)19(12,4)16(15)25-18(23)20(5)11(3)26-20/h10-14,16,21H,6-8H2,1-5H3. The third-order valence-corrected chi connectivity index (χ3v) is 7.70. The highest BCUT2D eigenvalue weighted by Crippen LogP contribution is 2.58. The zero-order valence-corrected chi connectivity index (χ0v) is 16.1. The van der Waals surface area contributed by atoms with Crippen LogP contribution in [0.2, 0.25) is 0 Å². The van der Waals surface area contributed by atoms with Gasteiger partial charge in [-0.05, 0) is 51.9 Å². The predicted octanol–water partition coefficient (Wildman–Crippen LogP) is 2.13. The number of carbonyl (C=O) groups is 2. The maximum absolute atomic E-state index is 12.8. The third-order valence-electron chi connectivity index (χ3n) is 7.70. The molecule has 6 nitrogen and oxygen atoms in total. The second-order valence-electron chi connectivity index (χ2n) is 8.86. The molecule has 2 saturated carbocycles. The minimum absolute atomic E-state index is 0.0543. The van der Waals surface area contributed by atoms with Crippen LogP contribution in [0, 0.1) is 17.3 Å². The van der Waals surface area contributed by atoms with E-state index in [0.29, 0.717) is 5.57 Å². The number of ether oxygens (including phenoxy) is 3. The van der Waals surface area contributed by atoms with E-state index in [4.69, 9.17) is 14.2 Å². The van der Waals surface area contributed by atoms with Gasteiger partial charge in [0, 0.05) is 16.6 Å². The fourth-order valence-corrected chi connectivity index (χ4v) is 5.28. The molecule has 0 aromatic heterocycles. The number of fused-ring (bicyclic) bond motifs is 2. The number of rotatable bonds is 2. The van der Waals surface area contributed by atoms with Gasteiger partial charge in [-0.2, -0.15) is 0 Å². The molecular formula is C20H28O6. The summed E-state index contributed by atoms with van der Waals surface area (Å²) in [6.45, 7) is 9.42. The molecule has 4 rings (SSSR count). The fraction of sp³-hybridized carbons (Fsp3) is 0.800. The molecule has 8 atom stereocenters. The van der Waals surface area contributed by atoms with Gasteiger partial charge in [0.1, 0.15) is 12.2 Å². The number of epoxide rings is 1. The molecule has 2 heterocycles. The Kier molecular flexibility index (Phi) is 3.84. The van der Waals surface area contributed by atoms with Crippen molar-refractivity contribution < 1.29 is 28.9 Å². The Labute approximate surface area is 153 Å². The molecule has 0 bridgehead atoms. The van der Waals surface area contributed by atoms with Crippen LogP contribution >= 0.6 is 0 Å². The lowest BCUT2D eigenvalue weighted by Crippen LogP contribution is -2.58. The number of aliphatic hydroxyl groups excluding tert-OH is 1. The largest absolute Gasteiger partial charge is 0.455 e. The highest BCUT2D eigenvalue weighted by atomic mass is 16.7. The lowest BCUT2D eigenvalue weighted by molar-refractivity contribution is -0.182. The van der Waals surface area contributed by atoms with Crippen LogP contribution in [0.15, 0.2) is 11.1 Å². The van der Waals surface area contributed by atoms with Crippen LogP contribution in [0.4, 0.5) is 0 Å². The molecule has 3 fully saturated rings. The summed E-state index contributed by atoms with van der Waals surface area (Å²) in [5.41, 5.74) is -0.0505. The summed E-state index contributed by atoms with van der Waals surface area (Å²) in [7, 11) is 0. The van der Waals surface area contributed by atoms with Crippen LogP contribution in [-0.2, 0) is 23.8 Å². The van der Waals surface area contributed by atoms with Crippen molar-refractivity contribution in [2.75, 3.05) is 0 Å². The maximum Gasteiger partial charge on any atom is 0.341 e. The van der Waals surface area contributed by atoms with Crippen molar-refractivity contribution in [3.05, 3.63) is 11.1 Å². The van der Waals surface area contributed by atoms with E-state index in [1.807, 2.05) is 13.8 Å². The van der Waals surface area contributed by atoms with Crippen molar-refractivity contribution in [2.24, 2.45) is 17.3 Å². The predicted molar refractivity (Wildman–Crippen MR) is 92.0 cm³/mol. The van der Waals surface area contributed by atoms with Crippen LogP contribution < -0.4 is 0 Å². The van der Waals surface area contributed by atoms with E-state index >= 15 is 0 Å². The molecule has 0 aromatic rings. The number of esters is 2. The third kappa shape index (κ3) is 2.24. The van der Waals surface area contributed by atoms with Crippen LogP contribution in [-0.4, -0.2) is 47.1 Å². The highest BCUT2D eigenvalue weighted by Gasteiger charge is 2.63. The van der Waals surface area contributed by atoms with Gasteiger partial charge in [-0.3, -0.25) is 0 Å². The van der Waals surface area contributed by atoms with E-state index in [9.17, 15) is 14.7 Å². The molecule has 0 amide bonds. The van der Waals surface area contributed by atoms with E-state index in [1.54, 1.807) is 13.8 Å². The monoisotopic (exact) mass is 364 g/mol. The van der Waals surface area contributed by atoms with E-state index < -0.39 is 29.2 Å². The summed E-state index contributed by atoms with van der Waals surface area (Å²) in [6.07, 6.45) is 0.752. The van der Waals surface area contributed by atoms with Crippen molar-refractivity contribution in [3.63, 3.8) is 0 Å². The first-order chi connectivity index (χ1) is 12.1. The van der Waals surface area contributed by atoms with Crippen molar-refractivity contribution in [3.8, 4) is 0 Å². The summed E-state index contributed by atoms with van der Waals surface area (Å²) in [6, 6.07) is 0. The van der Waals surface area contributed by atoms with Gasteiger partial charge < -0.3 is 19.3 Å². The van der Waals surface area contributed by atoms with E-state index in [0.717, 1.165) is 24.8 Å². The molecule has 2 aliphatic heterocycles. The molecule has 6 heteroatoms. The lowest BCUT2D eigenvalue weighted by atomic mass is 9.52. The van der Waals surface area contributed by atoms with Gasteiger partial charge in [0.25, 0.3) is 0 Å². The van der Waals surface area contributed by atoms with Crippen LogP contribution in [0.1, 0.15) is 53.9 Å². The molecule has 0 aromatic carbocycles. The molecule has 8 unspecified atom stereocenters. The van der Waals surface area contributed by atoms with Gasteiger partial charge >= 0.3 is 11.9 Å². The maximum atomic E-state index is 12.8. The number of hydrogen-bond acceptors (Lipinski definition) is 6. The normalized spacial score (nSPS) is 50.0. The highest BCUT2D eigenvalue weighted by molar-refractivity contribution is 5.92. The minimum atomic E-state index is -0.923. The molecule has 4 aliphatic rings. The molecule has 2 aliphatic carbocycles. The van der Waals surface area contributed by atoms with Crippen molar-refractivity contribution in [1.29, 1.82) is 0 Å². The van der Waals surface area contributed by atoms with E-state index in [1.165, 1.54) is 0 Å². The number of carbonyl (C=O) groups excluding carboxylic acids is 2. The molecule has 1 N–H and O–H groups in total. The zero-order valence-electron chi connectivity index (χ0n) is 16.1. The first kappa shape index (κ1) is 18.0. The molecule has 144 valence electrons. The number of hydrogen-bond donors (Lipinski definition) is 1. The van der Waals surface area contributed by atoms with Crippen molar-refractivity contribution in [1.82, 2.24) is 0 Å². The van der Waals surface area contributed by atoms with Gasteiger partial charge in [-0.25, -0.2) is 9.59 Å². The Bertz CT molecular complexity index is 698. The lowest BCUT2D eigenvalue weighted by Gasteiger charge is -2.56. The minimum Gasteiger partial charge on any atom is -0.455 e. The fourth-order valence-electron chi connectivity index (χ4n) is 5.28. The Morgan fingerprint density at radius 2 is 1.92 bits per heavy atom. The average Bonchev–Trinajstić information content (AvgIpc) is 3.11. The summed E-state index contributed by atoms with van der Waals surface area (Å²) >= 11 is 0. The molecule has 0 spiro atoms. The Morgan fingerprint density at radius 1 is 1.27 bits per heavy atom. The first-order valence-electron chi connectivity index (χ1n) is 9.59. The smallest absolute Gasteiger partial charge is 0.341 e. The zero-order chi connectivity index (χ0) is 19.0. The first-order valence-corrected chi connectivity index (χ1v) is 9.59. The Morgan fingerprint density at radius 3 is 2.54 bits per heavy atom. The molecule has 1 saturated heterocycles. The van der Waals surface area contributed by atoms with Gasteiger partial charge in [-0.1, -0.05) is 13.8 Å². The van der Waals surface area contributed by atoms with Gasteiger partial charge in [0.15, 0.2) is 5.60 Å². The molecule has 26 heavy (non-hydrogen) atoms. The average molecular weight is 364 g/mol. The second kappa shape index (κ2) is 5.55. The van der Waals surface area contributed by atoms with Crippen molar-refractivity contribution in [2.45, 2.75) is 83.9 Å².